The van der Waals surface area contributed by atoms with Gasteiger partial charge >= 0.3 is 5.97 Å². The van der Waals surface area contributed by atoms with Crippen LogP contribution < -0.4 is 14.5 Å². The summed E-state index contributed by atoms with van der Waals surface area (Å²) in [6, 6.07) is 10.1. The molecule has 1 saturated carbocycles. The number of halogens is 6. The van der Waals surface area contributed by atoms with Crippen LogP contribution >= 0.6 is 69.6 Å². The molecule has 13 heteroatoms. The molecule has 2 heterocycles. The van der Waals surface area contributed by atoms with Gasteiger partial charge in [-0.2, -0.15) is 0 Å². The fraction of sp³-hybridized carbons (Fsp3) is 0.379. The number of nitrogens with zero attached hydrogens (tertiary/aromatic N) is 2. The number of allylic oxidation sites excluding steroid dienone is 2. The lowest BCUT2D eigenvalue weighted by molar-refractivity contribution is -0.139. The summed E-state index contributed by atoms with van der Waals surface area (Å²) in [6.07, 6.45) is 0.0188. The van der Waals surface area contributed by atoms with Gasteiger partial charge in [-0.3, -0.25) is 19.2 Å². The van der Waals surface area contributed by atoms with Gasteiger partial charge < -0.3 is 9.64 Å². The van der Waals surface area contributed by atoms with Gasteiger partial charge in [-0.1, -0.05) is 58.5 Å². The molecule has 5 atom stereocenters. The quantitative estimate of drug-likeness (QED) is 0.158. The van der Waals surface area contributed by atoms with Crippen LogP contribution in [0.5, 0.6) is 5.75 Å². The number of carbonyl (C=O) groups excluding carboxylic acids is 4. The van der Waals surface area contributed by atoms with Gasteiger partial charge in [0.15, 0.2) is 4.33 Å². The molecule has 2 aliphatic heterocycles. The van der Waals surface area contributed by atoms with E-state index in [2.05, 4.69) is 0 Å². The second-order valence-electron chi connectivity index (χ2n) is 11.1. The second-order valence-corrected chi connectivity index (χ2v) is 14.4. The monoisotopic (exact) mass is 688 g/mol. The fourth-order valence-electron chi connectivity index (χ4n) is 6.50. The van der Waals surface area contributed by atoms with Crippen molar-refractivity contribution in [2.45, 2.75) is 41.3 Å². The van der Waals surface area contributed by atoms with Crippen molar-refractivity contribution in [3.05, 3.63) is 63.2 Å². The zero-order chi connectivity index (χ0) is 30.7. The van der Waals surface area contributed by atoms with E-state index in [0.29, 0.717) is 5.56 Å². The van der Waals surface area contributed by atoms with Gasteiger partial charge in [0.25, 0.3) is 0 Å². The lowest BCUT2D eigenvalue weighted by Crippen LogP contribution is -2.50. The van der Waals surface area contributed by atoms with Crippen molar-refractivity contribution >= 4 is 105 Å². The van der Waals surface area contributed by atoms with Crippen LogP contribution in [0.1, 0.15) is 23.1 Å². The van der Waals surface area contributed by atoms with Crippen molar-refractivity contribution in [3.63, 3.8) is 0 Å². The molecule has 2 bridgehead atoms. The maximum Gasteiger partial charge on any atom is 0.316 e. The van der Waals surface area contributed by atoms with Gasteiger partial charge in [-0.05, 0) is 61.7 Å². The number of esters is 1. The molecule has 0 unspecified atom stereocenters. The van der Waals surface area contributed by atoms with Crippen LogP contribution in [0.2, 0.25) is 0 Å². The number of ether oxygens (including phenoxy) is 1. The van der Waals surface area contributed by atoms with Gasteiger partial charge in [0.2, 0.25) is 17.7 Å². The number of fused-ring (bicyclic) bond motifs is 5. The smallest absolute Gasteiger partial charge is 0.316 e. The minimum absolute atomic E-state index is 0.0188. The number of rotatable bonds is 4. The first kappa shape index (κ1) is 30.0. The van der Waals surface area contributed by atoms with Crippen molar-refractivity contribution in [2.24, 2.45) is 17.8 Å². The van der Waals surface area contributed by atoms with E-state index >= 15 is 0 Å². The highest BCUT2D eigenvalue weighted by Gasteiger charge is 2.87. The molecule has 0 aromatic heterocycles. The molecule has 0 N–H and O–H groups in total. The normalized spacial score (nSPS) is 31.5. The average Bonchev–Trinajstić information content (AvgIpc) is 3.51. The maximum atomic E-state index is 13.7. The van der Waals surface area contributed by atoms with Crippen LogP contribution in [0, 0.1) is 38.5 Å². The zero-order valence-electron chi connectivity index (χ0n) is 22.3. The van der Waals surface area contributed by atoms with Crippen LogP contribution in [0.25, 0.3) is 0 Å². The Morgan fingerprint density at radius 1 is 0.857 bits per heavy atom. The molecule has 220 valence electrons. The predicted molar refractivity (Wildman–Crippen MR) is 163 cm³/mol. The molecule has 0 radical (unpaired) electrons. The molecule has 6 rings (SSSR count). The van der Waals surface area contributed by atoms with Crippen molar-refractivity contribution in [1.29, 1.82) is 0 Å². The van der Waals surface area contributed by atoms with Crippen molar-refractivity contribution < 1.29 is 23.9 Å². The third-order valence-electron chi connectivity index (χ3n) is 8.86. The molecular formula is C29H22Cl6N2O5. The number of hydrogen-bond acceptors (Lipinski definition) is 5. The lowest BCUT2D eigenvalue weighted by Gasteiger charge is -2.34. The van der Waals surface area contributed by atoms with Gasteiger partial charge in [0, 0.05) is 18.7 Å². The largest absolute Gasteiger partial charge is 0.426 e. The zero-order valence-corrected chi connectivity index (χ0v) is 26.8. The molecule has 4 aliphatic rings. The first-order valence-corrected chi connectivity index (χ1v) is 15.2. The highest BCUT2D eigenvalue weighted by Crippen LogP contribution is 2.77. The van der Waals surface area contributed by atoms with E-state index in [1.54, 1.807) is 11.8 Å². The molecule has 42 heavy (non-hydrogen) atoms. The standard InChI is InChI=1S/C29H22Cl6N2O5/c1-12-5-4-6-18(14(12)3)36-11-15(10-19(36)38)26(41)42-16-7-8-17(13(2)9-16)37-24(39)20-21(25(37)40)28(33)23(31)22(30)27(20,32)29(28,34)35/h4-9,15,20-21H,10-11H2,1-3H3/t15-,20-,21+,27+,28+/m0/s1. The number of anilines is 2. The van der Waals surface area contributed by atoms with Crippen molar-refractivity contribution in [3.8, 4) is 5.75 Å². The van der Waals surface area contributed by atoms with Crippen LogP contribution in [-0.2, 0) is 19.2 Å². The average molecular weight is 691 g/mol. The molecule has 0 spiro atoms. The number of aryl methyl sites for hydroxylation is 2. The van der Waals surface area contributed by atoms with Gasteiger partial charge in [-0.15, -0.1) is 23.2 Å². The minimum atomic E-state index is -2.02. The van der Waals surface area contributed by atoms with Crippen molar-refractivity contribution in [1.82, 2.24) is 0 Å². The number of carbonyl (C=O) groups is 4. The third-order valence-corrected chi connectivity index (χ3v) is 13.1. The van der Waals surface area contributed by atoms with E-state index in [9.17, 15) is 19.2 Å². The first-order chi connectivity index (χ1) is 19.6. The summed E-state index contributed by atoms with van der Waals surface area (Å²) in [5.41, 5.74) is 3.47. The summed E-state index contributed by atoms with van der Waals surface area (Å²) in [4.78, 5) is 51.9. The highest BCUT2D eigenvalue weighted by atomic mass is 35.5. The summed E-state index contributed by atoms with van der Waals surface area (Å²) in [7, 11) is 0. The van der Waals surface area contributed by atoms with Crippen LogP contribution in [0.3, 0.4) is 0 Å². The summed E-state index contributed by atoms with van der Waals surface area (Å²) in [5.74, 6) is -5.08. The minimum Gasteiger partial charge on any atom is -0.426 e. The SMILES string of the molecule is Cc1cc(OC(=O)[C@H]2CC(=O)N(c3cccc(C)c3C)C2)ccc1N1C(=O)[C@@H]2[C@H](C1=O)[C@@]1(Cl)C(Cl)=C(Cl)[C@@]2(Cl)C1(Cl)Cl. The molecule has 2 saturated heterocycles. The molecule has 3 fully saturated rings. The second kappa shape index (κ2) is 9.75. The van der Waals surface area contributed by atoms with E-state index in [4.69, 9.17) is 74.3 Å². The third kappa shape index (κ3) is 3.67. The first-order valence-electron chi connectivity index (χ1n) is 13.0. The van der Waals surface area contributed by atoms with Crippen LogP contribution in [-0.4, -0.2) is 44.3 Å². The fourth-order valence-corrected chi connectivity index (χ4v) is 9.43. The molecule has 2 aliphatic carbocycles. The number of benzene rings is 2. The Labute approximate surface area is 271 Å². The number of alkyl halides is 4. The number of imide groups is 1. The van der Waals surface area contributed by atoms with E-state index in [1.165, 1.54) is 18.2 Å². The van der Waals surface area contributed by atoms with Crippen molar-refractivity contribution in [2.75, 3.05) is 16.3 Å². The Balaban J connectivity index is 1.22. The Hall–Kier alpha value is -2.00. The van der Waals surface area contributed by atoms with E-state index < -0.39 is 49.6 Å². The Morgan fingerprint density at radius 3 is 2.02 bits per heavy atom. The molecular weight excluding hydrogens is 669 g/mol. The maximum absolute atomic E-state index is 13.7. The Bertz CT molecular complexity index is 1610. The van der Waals surface area contributed by atoms with Gasteiger partial charge in [0.05, 0.1) is 33.5 Å². The highest BCUT2D eigenvalue weighted by molar-refractivity contribution is 6.67. The summed E-state index contributed by atoms with van der Waals surface area (Å²) < 4.78 is 3.60. The number of hydrogen-bond donors (Lipinski definition) is 0. The Kier molecular flexibility index (Phi) is 6.97. The van der Waals surface area contributed by atoms with Crippen LogP contribution in [0.15, 0.2) is 46.5 Å². The number of amides is 3. The lowest BCUT2D eigenvalue weighted by atomic mass is 9.84. The van der Waals surface area contributed by atoms with E-state index in [-0.39, 0.29) is 40.4 Å². The van der Waals surface area contributed by atoms with E-state index in [0.717, 1.165) is 21.7 Å². The van der Waals surface area contributed by atoms with E-state index in [1.807, 2.05) is 32.0 Å². The summed E-state index contributed by atoms with van der Waals surface area (Å²) in [6.45, 7) is 5.74. The summed E-state index contributed by atoms with van der Waals surface area (Å²) >= 11 is 39.4. The molecule has 2 aromatic carbocycles. The topological polar surface area (TPSA) is 84.0 Å². The van der Waals surface area contributed by atoms with Gasteiger partial charge in [-0.25, -0.2) is 4.90 Å². The molecule has 3 amide bonds. The Morgan fingerprint density at radius 2 is 1.45 bits per heavy atom. The van der Waals surface area contributed by atoms with Crippen LogP contribution in [0.4, 0.5) is 11.4 Å². The predicted octanol–water partition coefficient (Wildman–Crippen LogP) is 6.52. The molecule has 7 nitrogen and oxygen atoms in total. The summed E-state index contributed by atoms with van der Waals surface area (Å²) in [5, 5.41) is -0.342. The molecule has 2 aromatic rings. The van der Waals surface area contributed by atoms with Gasteiger partial charge in [0.1, 0.15) is 15.5 Å².